The summed E-state index contributed by atoms with van der Waals surface area (Å²) in [6.45, 7) is 1.83. The number of hydrogen-bond acceptors (Lipinski definition) is 4. The quantitative estimate of drug-likeness (QED) is 0.904. The smallest absolute Gasteiger partial charge is 0.256 e. The molecule has 0 atom stereocenters. The number of anilines is 2. The lowest BCUT2D eigenvalue weighted by atomic mass is 10.2. The molecule has 1 aromatic heterocycles. The molecule has 0 bridgehead atoms. The van der Waals surface area contributed by atoms with Gasteiger partial charge >= 0.3 is 0 Å². The fourth-order valence-electron chi connectivity index (χ4n) is 1.74. The first-order valence-electron chi connectivity index (χ1n) is 6.16. The summed E-state index contributed by atoms with van der Waals surface area (Å²) in [5, 5.41) is 2.66. The zero-order chi connectivity index (χ0) is 15.5. The second-order valence-corrected chi connectivity index (χ2v) is 6.32. The fraction of sp³-hybridized carbons (Fsp3) is 0.143. The molecule has 0 unspecified atom stereocenters. The van der Waals surface area contributed by atoms with E-state index < -0.39 is 10.0 Å². The van der Waals surface area contributed by atoms with E-state index in [0.29, 0.717) is 17.1 Å². The highest BCUT2D eigenvalue weighted by Crippen LogP contribution is 2.13. The van der Waals surface area contributed by atoms with Crippen LogP contribution in [0, 0.1) is 6.92 Å². The van der Waals surface area contributed by atoms with Gasteiger partial charge in [-0.3, -0.25) is 9.52 Å². The standard InChI is InChI=1S/C14H15N3O3S/c1-10-5-3-8-13(15-10)16-14(18)11-6-4-7-12(9-11)17-21(2,19)20/h3-9,17H,1-2H3,(H,15,16,18). The minimum atomic E-state index is -3.38. The van der Waals surface area contributed by atoms with Crippen molar-refractivity contribution in [2.24, 2.45) is 0 Å². The Morgan fingerprint density at radius 3 is 2.52 bits per heavy atom. The number of amides is 1. The number of benzene rings is 1. The molecule has 6 nitrogen and oxygen atoms in total. The molecular formula is C14H15N3O3S. The molecule has 7 heteroatoms. The number of nitrogens with zero attached hydrogens (tertiary/aromatic N) is 1. The van der Waals surface area contributed by atoms with Crippen LogP contribution < -0.4 is 10.0 Å². The minimum Gasteiger partial charge on any atom is -0.307 e. The van der Waals surface area contributed by atoms with Crippen LogP contribution in [0.5, 0.6) is 0 Å². The van der Waals surface area contributed by atoms with E-state index in [2.05, 4.69) is 15.0 Å². The average Bonchev–Trinajstić information content (AvgIpc) is 2.37. The Morgan fingerprint density at radius 2 is 1.86 bits per heavy atom. The van der Waals surface area contributed by atoms with E-state index >= 15 is 0 Å². The first kappa shape index (κ1) is 15.0. The molecule has 0 aliphatic carbocycles. The zero-order valence-corrected chi connectivity index (χ0v) is 12.4. The van der Waals surface area contributed by atoms with Gasteiger partial charge in [-0.15, -0.1) is 0 Å². The summed E-state index contributed by atoms with van der Waals surface area (Å²) in [5.74, 6) is 0.0896. The van der Waals surface area contributed by atoms with Gasteiger partial charge in [-0.2, -0.15) is 0 Å². The number of carbonyl (C=O) groups excluding carboxylic acids is 1. The Labute approximate surface area is 123 Å². The zero-order valence-electron chi connectivity index (χ0n) is 11.6. The highest BCUT2D eigenvalue weighted by Gasteiger charge is 2.09. The molecule has 0 spiro atoms. The normalized spacial score (nSPS) is 11.0. The molecule has 2 rings (SSSR count). The summed E-state index contributed by atoms with van der Waals surface area (Å²) in [6, 6.07) is 11.5. The van der Waals surface area contributed by atoms with Crippen molar-refractivity contribution in [2.45, 2.75) is 6.92 Å². The molecule has 0 saturated carbocycles. The van der Waals surface area contributed by atoms with Crippen LogP contribution in [0.2, 0.25) is 0 Å². The van der Waals surface area contributed by atoms with Gasteiger partial charge in [0, 0.05) is 16.9 Å². The summed E-state index contributed by atoms with van der Waals surface area (Å²) in [7, 11) is -3.38. The van der Waals surface area contributed by atoms with Crippen molar-refractivity contribution in [1.82, 2.24) is 4.98 Å². The van der Waals surface area contributed by atoms with Crippen LogP contribution in [-0.4, -0.2) is 25.6 Å². The van der Waals surface area contributed by atoms with Gasteiger partial charge in [-0.25, -0.2) is 13.4 Å². The van der Waals surface area contributed by atoms with Gasteiger partial charge in [-0.1, -0.05) is 12.1 Å². The summed E-state index contributed by atoms with van der Waals surface area (Å²) in [6.07, 6.45) is 1.05. The van der Waals surface area contributed by atoms with Crippen LogP contribution in [0.4, 0.5) is 11.5 Å². The van der Waals surface area contributed by atoms with E-state index in [1.54, 1.807) is 30.3 Å². The third-order valence-corrected chi connectivity index (χ3v) is 3.16. The summed E-state index contributed by atoms with van der Waals surface area (Å²) in [5.41, 5.74) is 1.47. The predicted molar refractivity (Wildman–Crippen MR) is 81.8 cm³/mol. The molecular weight excluding hydrogens is 290 g/mol. The van der Waals surface area contributed by atoms with Crippen LogP contribution >= 0.6 is 0 Å². The van der Waals surface area contributed by atoms with Crippen molar-refractivity contribution in [3.63, 3.8) is 0 Å². The number of aromatic nitrogens is 1. The van der Waals surface area contributed by atoms with Gasteiger partial charge in [0.1, 0.15) is 5.82 Å². The van der Waals surface area contributed by atoms with Gasteiger partial charge in [0.05, 0.1) is 6.26 Å². The van der Waals surface area contributed by atoms with E-state index in [-0.39, 0.29) is 5.91 Å². The maximum Gasteiger partial charge on any atom is 0.256 e. The molecule has 0 radical (unpaired) electrons. The SMILES string of the molecule is Cc1cccc(NC(=O)c2cccc(NS(C)(=O)=O)c2)n1. The fourth-order valence-corrected chi connectivity index (χ4v) is 2.29. The van der Waals surface area contributed by atoms with Crippen molar-refractivity contribution in [3.05, 3.63) is 53.7 Å². The van der Waals surface area contributed by atoms with Crippen LogP contribution in [0.3, 0.4) is 0 Å². The molecule has 1 aromatic carbocycles. The van der Waals surface area contributed by atoms with Crippen molar-refractivity contribution in [1.29, 1.82) is 0 Å². The maximum atomic E-state index is 12.1. The Bertz CT molecular complexity index is 773. The molecule has 2 N–H and O–H groups in total. The average molecular weight is 305 g/mol. The van der Waals surface area contributed by atoms with Crippen LogP contribution in [0.15, 0.2) is 42.5 Å². The number of aryl methyl sites for hydroxylation is 1. The Morgan fingerprint density at radius 1 is 1.14 bits per heavy atom. The van der Waals surface area contributed by atoms with E-state index in [9.17, 15) is 13.2 Å². The van der Waals surface area contributed by atoms with Gasteiger partial charge in [0.25, 0.3) is 5.91 Å². The number of hydrogen-bond donors (Lipinski definition) is 2. The van der Waals surface area contributed by atoms with E-state index in [4.69, 9.17) is 0 Å². The van der Waals surface area contributed by atoms with Gasteiger partial charge in [0.15, 0.2) is 0 Å². The van der Waals surface area contributed by atoms with Crippen LogP contribution in [0.1, 0.15) is 16.1 Å². The second-order valence-electron chi connectivity index (χ2n) is 4.57. The van der Waals surface area contributed by atoms with Crippen LogP contribution in [-0.2, 0) is 10.0 Å². The number of pyridine rings is 1. The third kappa shape index (κ3) is 4.57. The van der Waals surface area contributed by atoms with E-state index in [1.165, 1.54) is 6.07 Å². The Hall–Kier alpha value is -2.41. The molecule has 2 aromatic rings. The topological polar surface area (TPSA) is 88.2 Å². The van der Waals surface area contributed by atoms with E-state index in [0.717, 1.165) is 11.9 Å². The molecule has 0 aliphatic heterocycles. The van der Waals surface area contributed by atoms with Crippen molar-refractivity contribution >= 4 is 27.4 Å². The number of nitrogens with one attached hydrogen (secondary N) is 2. The van der Waals surface area contributed by atoms with Crippen molar-refractivity contribution in [3.8, 4) is 0 Å². The summed E-state index contributed by atoms with van der Waals surface area (Å²) in [4.78, 5) is 16.3. The highest BCUT2D eigenvalue weighted by atomic mass is 32.2. The third-order valence-electron chi connectivity index (χ3n) is 2.56. The summed E-state index contributed by atoms with van der Waals surface area (Å²) >= 11 is 0. The number of rotatable bonds is 4. The van der Waals surface area contributed by atoms with Gasteiger partial charge in [0.2, 0.25) is 10.0 Å². The molecule has 110 valence electrons. The highest BCUT2D eigenvalue weighted by molar-refractivity contribution is 7.92. The van der Waals surface area contributed by atoms with Crippen molar-refractivity contribution < 1.29 is 13.2 Å². The van der Waals surface area contributed by atoms with E-state index in [1.807, 2.05) is 13.0 Å². The first-order chi connectivity index (χ1) is 9.83. The number of carbonyl (C=O) groups is 1. The lowest BCUT2D eigenvalue weighted by molar-refractivity contribution is 0.102. The van der Waals surface area contributed by atoms with Gasteiger partial charge < -0.3 is 5.32 Å². The number of sulfonamides is 1. The van der Waals surface area contributed by atoms with Crippen molar-refractivity contribution in [2.75, 3.05) is 16.3 Å². The molecule has 1 heterocycles. The predicted octanol–water partition coefficient (Wildman–Crippen LogP) is 2.01. The molecule has 1 amide bonds. The second kappa shape index (κ2) is 5.92. The minimum absolute atomic E-state index is 0.336. The largest absolute Gasteiger partial charge is 0.307 e. The van der Waals surface area contributed by atoms with Crippen LogP contribution in [0.25, 0.3) is 0 Å². The summed E-state index contributed by atoms with van der Waals surface area (Å²) < 4.78 is 24.7. The Balaban J connectivity index is 2.18. The maximum absolute atomic E-state index is 12.1. The lowest BCUT2D eigenvalue weighted by Crippen LogP contribution is -2.14. The molecule has 0 aliphatic rings. The molecule has 21 heavy (non-hydrogen) atoms. The Kier molecular flexibility index (Phi) is 4.23. The monoisotopic (exact) mass is 305 g/mol. The lowest BCUT2D eigenvalue weighted by Gasteiger charge is -2.08. The first-order valence-corrected chi connectivity index (χ1v) is 8.05. The molecule has 0 saturated heterocycles. The van der Waals surface area contributed by atoms with Gasteiger partial charge in [-0.05, 0) is 37.3 Å². The molecule has 0 fully saturated rings.